The summed E-state index contributed by atoms with van der Waals surface area (Å²) in [4.78, 5) is 12.0. The molecule has 2 atom stereocenters. The van der Waals surface area contributed by atoms with Crippen molar-refractivity contribution in [1.82, 2.24) is 15.0 Å². The fourth-order valence-electron chi connectivity index (χ4n) is 3.64. The van der Waals surface area contributed by atoms with E-state index in [-0.39, 0.29) is 17.6 Å². The van der Waals surface area contributed by atoms with Crippen molar-refractivity contribution in [1.29, 1.82) is 5.26 Å². The lowest BCUT2D eigenvalue weighted by Gasteiger charge is -2.49. The number of fused-ring (bicyclic) bond motifs is 1. The molecule has 1 saturated carbocycles. The number of hydrogen-bond acceptors (Lipinski definition) is 6. The van der Waals surface area contributed by atoms with Crippen LogP contribution in [0.25, 0.3) is 10.9 Å². The monoisotopic (exact) mass is 376 g/mol. The first-order valence-corrected chi connectivity index (χ1v) is 9.49. The molecule has 7 nitrogen and oxygen atoms in total. The van der Waals surface area contributed by atoms with E-state index >= 15 is 0 Å². The lowest BCUT2D eigenvalue weighted by atomic mass is 9.64. The highest BCUT2D eigenvalue weighted by Crippen LogP contribution is 2.42. The van der Waals surface area contributed by atoms with Crippen LogP contribution >= 0.6 is 0 Å². The van der Waals surface area contributed by atoms with Gasteiger partial charge in [0.15, 0.2) is 0 Å². The Morgan fingerprint density at radius 2 is 2.21 bits per heavy atom. The molecule has 4 N–H and O–H groups in total. The Bertz CT molecular complexity index is 1030. The Labute approximate surface area is 163 Å². The minimum atomic E-state index is -0.342. The molecule has 0 unspecified atom stereocenters. The van der Waals surface area contributed by atoms with Gasteiger partial charge in [0, 0.05) is 29.7 Å². The number of nitrogens with zero attached hydrogens (tertiary/aromatic N) is 3. The molecule has 7 heteroatoms. The lowest BCUT2D eigenvalue weighted by Crippen LogP contribution is -2.57. The molecule has 1 fully saturated rings. The second kappa shape index (κ2) is 7.13. The zero-order valence-electron chi connectivity index (χ0n) is 16.0. The molecule has 2 heterocycles. The molecule has 0 bridgehead atoms. The van der Waals surface area contributed by atoms with Crippen LogP contribution in [-0.4, -0.2) is 38.7 Å². The highest BCUT2D eigenvalue weighted by Gasteiger charge is 2.47. The molecule has 0 amide bonds. The smallest absolute Gasteiger partial charge is 0.224 e. The number of anilines is 2. The number of H-pyrrole nitrogens is 1. The fraction of sp³-hybridized carbons (Fsp3) is 0.381. The van der Waals surface area contributed by atoms with E-state index in [1.54, 1.807) is 0 Å². The van der Waals surface area contributed by atoms with Gasteiger partial charge in [-0.1, -0.05) is 32.0 Å². The number of aliphatic hydroxyl groups is 1. The predicted molar refractivity (Wildman–Crippen MR) is 109 cm³/mol. The molecule has 3 aromatic rings. The Hall–Kier alpha value is -3.11. The first kappa shape index (κ1) is 18.3. The zero-order chi connectivity index (χ0) is 19.7. The molecule has 4 rings (SSSR count). The van der Waals surface area contributed by atoms with Gasteiger partial charge < -0.3 is 20.7 Å². The maximum Gasteiger partial charge on any atom is 0.224 e. The largest absolute Gasteiger partial charge is 0.392 e. The number of nitrogens with one attached hydrogen (secondary N) is 3. The summed E-state index contributed by atoms with van der Waals surface area (Å²) >= 11 is 0. The topological polar surface area (TPSA) is 110 Å². The molecular formula is C21H24N6O. The van der Waals surface area contributed by atoms with E-state index in [0.717, 1.165) is 11.9 Å². The van der Waals surface area contributed by atoms with Gasteiger partial charge in [-0.3, -0.25) is 0 Å². The number of aromatic nitrogens is 3. The van der Waals surface area contributed by atoms with Gasteiger partial charge in [-0.15, -0.1) is 0 Å². The van der Waals surface area contributed by atoms with Crippen molar-refractivity contribution < 1.29 is 5.11 Å². The van der Waals surface area contributed by atoms with Gasteiger partial charge in [0.25, 0.3) is 0 Å². The number of rotatable bonds is 6. The molecule has 1 aliphatic carbocycles. The van der Waals surface area contributed by atoms with Crippen LogP contribution in [0, 0.1) is 16.7 Å². The van der Waals surface area contributed by atoms with Gasteiger partial charge in [-0.05, 0) is 29.9 Å². The van der Waals surface area contributed by atoms with Crippen molar-refractivity contribution in [2.24, 2.45) is 5.41 Å². The normalized spacial score (nSPS) is 20.4. The third kappa shape index (κ3) is 3.27. The van der Waals surface area contributed by atoms with E-state index < -0.39 is 0 Å². The molecule has 144 valence electrons. The van der Waals surface area contributed by atoms with Gasteiger partial charge in [0.1, 0.15) is 17.5 Å². The molecular weight excluding hydrogens is 352 g/mol. The summed E-state index contributed by atoms with van der Waals surface area (Å²) in [7, 11) is 0. The summed E-state index contributed by atoms with van der Waals surface area (Å²) in [5.74, 6) is 0.995. The molecule has 28 heavy (non-hydrogen) atoms. The van der Waals surface area contributed by atoms with Gasteiger partial charge in [0.05, 0.1) is 12.3 Å². The van der Waals surface area contributed by atoms with E-state index in [1.807, 2.05) is 20.0 Å². The third-order valence-electron chi connectivity index (χ3n) is 5.79. The summed E-state index contributed by atoms with van der Waals surface area (Å²) in [5, 5.41) is 27.0. The second-order valence-corrected chi connectivity index (χ2v) is 7.87. The average Bonchev–Trinajstić information content (AvgIpc) is 3.18. The highest BCUT2D eigenvalue weighted by atomic mass is 16.3. The van der Waals surface area contributed by atoms with Crippen molar-refractivity contribution in [2.45, 2.75) is 38.8 Å². The third-order valence-corrected chi connectivity index (χ3v) is 5.79. The van der Waals surface area contributed by atoms with Gasteiger partial charge in [-0.2, -0.15) is 10.2 Å². The van der Waals surface area contributed by atoms with Crippen LogP contribution in [0.4, 0.5) is 11.8 Å². The van der Waals surface area contributed by atoms with Crippen LogP contribution in [-0.2, 0) is 6.42 Å². The number of nitriles is 1. The van der Waals surface area contributed by atoms with Crippen molar-refractivity contribution in [3.63, 3.8) is 0 Å². The maximum absolute atomic E-state index is 9.94. The van der Waals surface area contributed by atoms with Gasteiger partial charge >= 0.3 is 0 Å². The van der Waals surface area contributed by atoms with E-state index in [4.69, 9.17) is 0 Å². The fourth-order valence-corrected chi connectivity index (χ4v) is 3.64. The van der Waals surface area contributed by atoms with E-state index in [1.165, 1.54) is 17.1 Å². The molecule has 1 aliphatic rings. The molecule has 0 aliphatic heterocycles. The minimum absolute atomic E-state index is 0.0721. The minimum Gasteiger partial charge on any atom is -0.392 e. The van der Waals surface area contributed by atoms with E-state index in [0.29, 0.717) is 30.3 Å². The zero-order valence-corrected chi connectivity index (χ0v) is 16.0. The van der Waals surface area contributed by atoms with Gasteiger partial charge in [0.2, 0.25) is 5.95 Å². The molecule has 2 aromatic heterocycles. The first-order chi connectivity index (χ1) is 13.5. The summed E-state index contributed by atoms with van der Waals surface area (Å²) in [6, 6.07) is 10.5. The average molecular weight is 376 g/mol. The Morgan fingerprint density at radius 3 is 2.96 bits per heavy atom. The SMILES string of the molecule is CC1(C)[C@@H](O)C[C@H]1Nc1nc(NCCc2cccc3cc[nH]c23)ncc1C#N. The first-order valence-electron chi connectivity index (χ1n) is 9.49. The van der Waals surface area contributed by atoms with Crippen molar-refractivity contribution in [3.8, 4) is 6.07 Å². The van der Waals surface area contributed by atoms with Crippen molar-refractivity contribution in [3.05, 3.63) is 47.8 Å². The summed E-state index contributed by atoms with van der Waals surface area (Å²) in [6.45, 7) is 4.69. The molecule has 1 aromatic carbocycles. The van der Waals surface area contributed by atoms with Crippen LogP contribution in [0.2, 0.25) is 0 Å². The van der Waals surface area contributed by atoms with Crippen molar-refractivity contribution >= 4 is 22.7 Å². The maximum atomic E-state index is 9.94. The second-order valence-electron chi connectivity index (χ2n) is 7.87. The summed E-state index contributed by atoms with van der Waals surface area (Å²) in [5.41, 5.74) is 2.53. The quantitative estimate of drug-likeness (QED) is 0.526. The molecule has 0 saturated heterocycles. The number of aromatic amines is 1. The Balaban J connectivity index is 1.44. The number of benzene rings is 1. The van der Waals surface area contributed by atoms with E-state index in [9.17, 15) is 10.4 Å². The summed E-state index contributed by atoms with van der Waals surface area (Å²) in [6.07, 6.45) is 4.61. The van der Waals surface area contributed by atoms with Crippen molar-refractivity contribution in [2.75, 3.05) is 17.2 Å². The van der Waals surface area contributed by atoms with Crippen LogP contribution in [0.15, 0.2) is 36.7 Å². The predicted octanol–water partition coefficient (Wildman–Crippen LogP) is 3.06. The van der Waals surface area contributed by atoms with E-state index in [2.05, 4.69) is 55.9 Å². The van der Waals surface area contributed by atoms with Crippen LogP contribution in [0.3, 0.4) is 0 Å². The van der Waals surface area contributed by atoms with Crippen LogP contribution in [0.5, 0.6) is 0 Å². The number of para-hydroxylation sites is 1. The highest BCUT2D eigenvalue weighted by molar-refractivity contribution is 5.82. The molecule has 0 radical (unpaired) electrons. The standard InChI is InChI=1S/C21H24N6O/c1-21(2)16(10-17(21)28)26-19-15(11-22)12-25-20(27-19)24-9-7-14-5-3-4-13-6-8-23-18(13)14/h3-6,8,12,16-17,23,28H,7,9-10H2,1-2H3,(H2,24,25,26,27)/t16-,17+/m1/s1. The Kier molecular flexibility index (Phi) is 4.65. The molecule has 0 spiro atoms. The lowest BCUT2D eigenvalue weighted by molar-refractivity contribution is -0.0511. The summed E-state index contributed by atoms with van der Waals surface area (Å²) < 4.78 is 0. The van der Waals surface area contributed by atoms with Crippen LogP contribution < -0.4 is 10.6 Å². The van der Waals surface area contributed by atoms with Gasteiger partial charge in [-0.25, -0.2) is 4.98 Å². The number of hydrogen-bond donors (Lipinski definition) is 4. The van der Waals surface area contributed by atoms with Crippen LogP contribution in [0.1, 0.15) is 31.4 Å². The Morgan fingerprint density at radius 1 is 1.36 bits per heavy atom. The number of aliphatic hydroxyl groups excluding tert-OH is 1.